The summed E-state index contributed by atoms with van der Waals surface area (Å²) in [4.78, 5) is 23.7. The molecule has 2 N–H and O–H groups in total. The maximum absolute atomic E-state index is 12.0. The van der Waals surface area contributed by atoms with Crippen molar-refractivity contribution in [3.05, 3.63) is 35.4 Å². The number of carbonyl (C=O) groups excluding carboxylic acids is 2. The molecule has 0 spiro atoms. The quantitative estimate of drug-likeness (QED) is 0.830. The van der Waals surface area contributed by atoms with Gasteiger partial charge in [-0.1, -0.05) is 36.8 Å². The van der Waals surface area contributed by atoms with Crippen LogP contribution in [-0.4, -0.2) is 18.4 Å². The van der Waals surface area contributed by atoms with Crippen LogP contribution in [-0.2, 0) is 16.1 Å². The van der Waals surface area contributed by atoms with Gasteiger partial charge >= 0.3 is 0 Å². The highest BCUT2D eigenvalue weighted by Gasteiger charge is 2.47. The van der Waals surface area contributed by atoms with Gasteiger partial charge < -0.3 is 10.6 Å². The van der Waals surface area contributed by atoms with Crippen molar-refractivity contribution in [2.75, 3.05) is 6.54 Å². The highest BCUT2D eigenvalue weighted by Crippen LogP contribution is 2.38. The second-order valence-electron chi connectivity index (χ2n) is 5.45. The average Bonchev–Trinajstić information content (AvgIpc) is 3.23. The van der Waals surface area contributed by atoms with Crippen LogP contribution in [0.25, 0.3) is 0 Å². The first-order chi connectivity index (χ1) is 9.61. The molecule has 1 aliphatic carbocycles. The van der Waals surface area contributed by atoms with Gasteiger partial charge in [0.25, 0.3) is 0 Å². The standard InChI is InChI=1S/C16H22N2O2/c1-3-7-17-15(19)13-9-14(13)16(20)18-10-12-6-4-5-11(2)8-12/h4-6,8,13-14H,3,7,9-10H2,1-2H3,(H,17,19)(H,18,20). The van der Waals surface area contributed by atoms with Crippen molar-refractivity contribution in [2.45, 2.75) is 33.2 Å². The number of amides is 2. The van der Waals surface area contributed by atoms with E-state index in [2.05, 4.69) is 16.7 Å². The van der Waals surface area contributed by atoms with Gasteiger partial charge in [-0.25, -0.2) is 0 Å². The Bertz CT molecular complexity index is 499. The predicted octanol–water partition coefficient (Wildman–Crippen LogP) is 1.77. The lowest BCUT2D eigenvalue weighted by Gasteiger charge is -2.06. The molecule has 4 heteroatoms. The molecule has 1 fully saturated rings. The van der Waals surface area contributed by atoms with Gasteiger partial charge in [-0.2, -0.15) is 0 Å². The van der Waals surface area contributed by atoms with Gasteiger partial charge in [0, 0.05) is 13.1 Å². The fraction of sp³-hybridized carbons (Fsp3) is 0.500. The molecule has 2 rings (SSSR count). The van der Waals surface area contributed by atoms with Crippen LogP contribution in [0.1, 0.15) is 30.9 Å². The summed E-state index contributed by atoms with van der Waals surface area (Å²) in [5, 5.41) is 5.75. The highest BCUT2D eigenvalue weighted by atomic mass is 16.2. The number of hydrogen-bond acceptors (Lipinski definition) is 2. The predicted molar refractivity (Wildman–Crippen MR) is 77.9 cm³/mol. The van der Waals surface area contributed by atoms with E-state index in [4.69, 9.17) is 0 Å². The molecule has 0 aromatic heterocycles. The third-order valence-corrected chi connectivity index (χ3v) is 3.56. The molecule has 1 aliphatic rings. The van der Waals surface area contributed by atoms with E-state index in [9.17, 15) is 9.59 Å². The maximum Gasteiger partial charge on any atom is 0.224 e. The number of benzene rings is 1. The molecule has 0 saturated heterocycles. The number of aryl methyl sites for hydroxylation is 1. The number of carbonyl (C=O) groups is 2. The Balaban J connectivity index is 1.75. The number of rotatable bonds is 6. The minimum atomic E-state index is -0.142. The first-order valence-electron chi connectivity index (χ1n) is 7.22. The maximum atomic E-state index is 12.0. The lowest BCUT2D eigenvalue weighted by Crippen LogP contribution is -2.30. The Morgan fingerprint density at radius 1 is 1.20 bits per heavy atom. The molecule has 0 radical (unpaired) electrons. The summed E-state index contributed by atoms with van der Waals surface area (Å²) in [5.74, 6) is -0.263. The molecule has 2 amide bonds. The zero-order chi connectivity index (χ0) is 14.5. The zero-order valence-electron chi connectivity index (χ0n) is 12.1. The van der Waals surface area contributed by atoms with Crippen LogP contribution in [0, 0.1) is 18.8 Å². The van der Waals surface area contributed by atoms with Crippen molar-refractivity contribution in [1.82, 2.24) is 10.6 Å². The van der Waals surface area contributed by atoms with Crippen molar-refractivity contribution in [3.8, 4) is 0 Å². The molecule has 0 bridgehead atoms. The van der Waals surface area contributed by atoms with Gasteiger partial charge in [0.05, 0.1) is 11.8 Å². The van der Waals surface area contributed by atoms with E-state index < -0.39 is 0 Å². The summed E-state index contributed by atoms with van der Waals surface area (Å²) in [7, 11) is 0. The first kappa shape index (κ1) is 14.6. The first-order valence-corrected chi connectivity index (χ1v) is 7.22. The number of nitrogens with one attached hydrogen (secondary N) is 2. The third-order valence-electron chi connectivity index (χ3n) is 3.56. The Hall–Kier alpha value is -1.84. The van der Waals surface area contributed by atoms with Crippen molar-refractivity contribution in [1.29, 1.82) is 0 Å². The molecule has 4 nitrogen and oxygen atoms in total. The summed E-state index contributed by atoms with van der Waals surface area (Å²) >= 11 is 0. The van der Waals surface area contributed by atoms with Gasteiger partial charge in [0.1, 0.15) is 0 Å². The largest absolute Gasteiger partial charge is 0.356 e. The number of hydrogen-bond donors (Lipinski definition) is 2. The SMILES string of the molecule is CCCNC(=O)C1CC1C(=O)NCc1cccc(C)c1. The molecular weight excluding hydrogens is 252 g/mol. The lowest BCUT2D eigenvalue weighted by atomic mass is 10.1. The molecule has 0 aliphatic heterocycles. The summed E-state index contributed by atoms with van der Waals surface area (Å²) in [6.45, 7) is 5.26. The Labute approximate surface area is 119 Å². The van der Waals surface area contributed by atoms with Gasteiger partial charge in [0.2, 0.25) is 11.8 Å². The van der Waals surface area contributed by atoms with E-state index in [1.165, 1.54) is 5.56 Å². The molecule has 108 valence electrons. The van der Waals surface area contributed by atoms with E-state index in [0.717, 1.165) is 12.0 Å². The van der Waals surface area contributed by atoms with Crippen LogP contribution in [0.2, 0.25) is 0 Å². The van der Waals surface area contributed by atoms with Crippen LogP contribution in [0.5, 0.6) is 0 Å². The summed E-state index contributed by atoms with van der Waals surface area (Å²) in [6.07, 6.45) is 1.60. The van der Waals surface area contributed by atoms with E-state index in [-0.39, 0.29) is 23.7 Å². The second-order valence-corrected chi connectivity index (χ2v) is 5.45. The van der Waals surface area contributed by atoms with Gasteiger partial charge in [0.15, 0.2) is 0 Å². The lowest BCUT2D eigenvalue weighted by molar-refractivity contribution is -0.127. The normalized spacial score (nSPS) is 20.3. The zero-order valence-corrected chi connectivity index (χ0v) is 12.1. The van der Waals surface area contributed by atoms with Crippen molar-refractivity contribution in [2.24, 2.45) is 11.8 Å². The molecule has 1 aromatic rings. The van der Waals surface area contributed by atoms with Crippen LogP contribution < -0.4 is 10.6 Å². The topological polar surface area (TPSA) is 58.2 Å². The summed E-state index contributed by atoms with van der Waals surface area (Å²) < 4.78 is 0. The van der Waals surface area contributed by atoms with Crippen LogP contribution in [0.15, 0.2) is 24.3 Å². The van der Waals surface area contributed by atoms with Crippen molar-refractivity contribution < 1.29 is 9.59 Å². The van der Waals surface area contributed by atoms with E-state index in [1.807, 2.05) is 32.0 Å². The minimum absolute atomic E-state index is 0.0110. The van der Waals surface area contributed by atoms with Crippen LogP contribution in [0.4, 0.5) is 0 Å². The van der Waals surface area contributed by atoms with E-state index in [1.54, 1.807) is 0 Å². The smallest absolute Gasteiger partial charge is 0.224 e. The monoisotopic (exact) mass is 274 g/mol. The van der Waals surface area contributed by atoms with Gasteiger partial charge in [-0.05, 0) is 25.3 Å². The fourth-order valence-corrected chi connectivity index (χ4v) is 2.30. The molecular formula is C16H22N2O2. The Morgan fingerprint density at radius 3 is 2.55 bits per heavy atom. The highest BCUT2D eigenvalue weighted by molar-refractivity contribution is 5.92. The molecule has 2 atom stereocenters. The molecule has 1 saturated carbocycles. The van der Waals surface area contributed by atoms with Crippen molar-refractivity contribution in [3.63, 3.8) is 0 Å². The van der Waals surface area contributed by atoms with E-state index in [0.29, 0.717) is 19.5 Å². The fourth-order valence-electron chi connectivity index (χ4n) is 2.30. The third kappa shape index (κ3) is 3.83. The Kier molecular flexibility index (Phi) is 4.77. The molecule has 0 heterocycles. The van der Waals surface area contributed by atoms with Crippen LogP contribution in [0.3, 0.4) is 0 Å². The van der Waals surface area contributed by atoms with Gasteiger partial charge in [-0.3, -0.25) is 9.59 Å². The minimum Gasteiger partial charge on any atom is -0.356 e. The second kappa shape index (κ2) is 6.55. The molecule has 20 heavy (non-hydrogen) atoms. The Morgan fingerprint density at radius 2 is 1.90 bits per heavy atom. The molecule has 1 aromatic carbocycles. The van der Waals surface area contributed by atoms with E-state index >= 15 is 0 Å². The van der Waals surface area contributed by atoms with Crippen LogP contribution >= 0.6 is 0 Å². The van der Waals surface area contributed by atoms with Crippen molar-refractivity contribution >= 4 is 11.8 Å². The average molecular weight is 274 g/mol. The van der Waals surface area contributed by atoms with Gasteiger partial charge in [-0.15, -0.1) is 0 Å². The summed E-state index contributed by atoms with van der Waals surface area (Å²) in [6, 6.07) is 8.06. The summed E-state index contributed by atoms with van der Waals surface area (Å²) in [5.41, 5.74) is 2.27. The molecule has 2 unspecified atom stereocenters.